The number of benzene rings is 1. The molecule has 4 rings (SSSR count). The molecule has 3 heterocycles. The average molecular weight is 515 g/mol. The summed E-state index contributed by atoms with van der Waals surface area (Å²) < 4.78 is 47.0. The van der Waals surface area contributed by atoms with E-state index in [0.717, 1.165) is 12.7 Å². The van der Waals surface area contributed by atoms with Crippen LogP contribution in [0.4, 0.5) is 10.2 Å². The number of phosphoric ester groups is 1. The number of phosphoric acid groups is 1. The first-order valence-electron chi connectivity index (χ1n) is 10.9. The van der Waals surface area contributed by atoms with E-state index in [4.69, 9.17) is 19.5 Å². The van der Waals surface area contributed by atoms with Crippen molar-refractivity contribution in [3.63, 3.8) is 0 Å². The summed E-state index contributed by atoms with van der Waals surface area (Å²) >= 11 is 0. The summed E-state index contributed by atoms with van der Waals surface area (Å²) in [5.41, 5.74) is 8.87. The number of ether oxygens (including phenoxy) is 1. The minimum absolute atomic E-state index is 0.251. The summed E-state index contributed by atoms with van der Waals surface area (Å²) in [5, 5.41) is 4.10. The van der Waals surface area contributed by atoms with E-state index in [1.54, 1.807) is 54.9 Å². The van der Waals surface area contributed by atoms with Crippen molar-refractivity contribution in [3.05, 3.63) is 89.6 Å². The zero-order chi connectivity index (χ0) is 25.5. The SMILES string of the molecule is COP(=O)(O)OC[n+]1cccc(-c2cc(Cc3ccc(OCCc4ccccc4F)nc3)no2)c1N. The first-order chi connectivity index (χ1) is 17.3. The van der Waals surface area contributed by atoms with Crippen LogP contribution in [0.15, 0.2) is 71.5 Å². The number of nitrogens with zero attached hydrogens (tertiary/aromatic N) is 3. The Bertz CT molecular complexity index is 1360. The highest BCUT2D eigenvalue weighted by molar-refractivity contribution is 7.47. The van der Waals surface area contributed by atoms with Crippen LogP contribution in [-0.4, -0.2) is 28.8 Å². The Morgan fingerprint density at radius 3 is 2.78 bits per heavy atom. The summed E-state index contributed by atoms with van der Waals surface area (Å²) in [7, 11) is -3.07. The Morgan fingerprint density at radius 1 is 1.19 bits per heavy atom. The molecule has 3 N–H and O–H groups in total. The zero-order valence-electron chi connectivity index (χ0n) is 19.4. The molecular weight excluding hydrogens is 490 g/mol. The molecule has 12 heteroatoms. The number of halogens is 1. The predicted octanol–water partition coefficient (Wildman–Crippen LogP) is 3.68. The van der Waals surface area contributed by atoms with Crippen LogP contribution in [0.3, 0.4) is 0 Å². The fourth-order valence-corrected chi connectivity index (χ4v) is 3.75. The van der Waals surface area contributed by atoms with Crippen LogP contribution in [0.2, 0.25) is 0 Å². The molecule has 0 fully saturated rings. The number of hydrogen-bond donors (Lipinski definition) is 2. The molecule has 10 nitrogen and oxygen atoms in total. The molecule has 3 aromatic heterocycles. The highest BCUT2D eigenvalue weighted by atomic mass is 31.2. The van der Waals surface area contributed by atoms with E-state index in [0.29, 0.717) is 47.9 Å². The van der Waals surface area contributed by atoms with Gasteiger partial charge in [0.2, 0.25) is 12.6 Å². The lowest BCUT2D eigenvalue weighted by Gasteiger charge is -2.09. The molecule has 0 radical (unpaired) electrons. The van der Waals surface area contributed by atoms with Gasteiger partial charge in [0, 0.05) is 38.3 Å². The lowest BCUT2D eigenvalue weighted by molar-refractivity contribution is -0.711. The smallest absolute Gasteiger partial charge is 0.475 e. The van der Waals surface area contributed by atoms with Crippen molar-refractivity contribution >= 4 is 13.6 Å². The largest absolute Gasteiger partial charge is 0.477 e. The van der Waals surface area contributed by atoms with Gasteiger partial charge in [-0.3, -0.25) is 10.3 Å². The van der Waals surface area contributed by atoms with Crippen LogP contribution in [0, 0.1) is 5.82 Å². The highest BCUT2D eigenvalue weighted by Crippen LogP contribution is 2.41. The molecule has 1 aromatic carbocycles. The van der Waals surface area contributed by atoms with Gasteiger partial charge >= 0.3 is 7.82 Å². The molecule has 0 saturated carbocycles. The number of nitrogen functional groups attached to an aromatic ring is 1. The van der Waals surface area contributed by atoms with E-state index in [-0.39, 0.29) is 18.4 Å². The van der Waals surface area contributed by atoms with Crippen LogP contribution in [-0.2, 0) is 33.2 Å². The van der Waals surface area contributed by atoms with E-state index >= 15 is 0 Å². The van der Waals surface area contributed by atoms with E-state index in [9.17, 15) is 13.8 Å². The van der Waals surface area contributed by atoms with Crippen LogP contribution in [0.25, 0.3) is 11.3 Å². The fraction of sp³-hybridized carbons (Fsp3) is 0.208. The second-order valence-corrected chi connectivity index (χ2v) is 9.30. The van der Waals surface area contributed by atoms with Gasteiger partial charge in [-0.1, -0.05) is 29.4 Å². The monoisotopic (exact) mass is 515 g/mol. The molecule has 0 aliphatic rings. The minimum Gasteiger partial charge on any atom is -0.477 e. The third kappa shape index (κ3) is 6.52. The second-order valence-electron chi connectivity index (χ2n) is 7.74. The van der Waals surface area contributed by atoms with Crippen molar-refractivity contribution in [1.82, 2.24) is 10.1 Å². The molecule has 0 amide bonds. The number of rotatable bonds is 11. The predicted molar refractivity (Wildman–Crippen MR) is 127 cm³/mol. The van der Waals surface area contributed by atoms with Gasteiger partial charge in [0.1, 0.15) is 11.4 Å². The summed E-state index contributed by atoms with van der Waals surface area (Å²) in [6.07, 6.45) is 4.18. The Balaban J connectivity index is 1.36. The quantitative estimate of drug-likeness (QED) is 0.227. The zero-order valence-corrected chi connectivity index (χ0v) is 20.3. The summed E-state index contributed by atoms with van der Waals surface area (Å²) in [6.45, 7) is 0.0213. The van der Waals surface area contributed by atoms with Crippen LogP contribution < -0.4 is 15.0 Å². The summed E-state index contributed by atoms with van der Waals surface area (Å²) in [5.74, 6) is 0.881. The van der Waals surface area contributed by atoms with Gasteiger partial charge in [0.05, 0.1) is 18.5 Å². The van der Waals surface area contributed by atoms with Crippen molar-refractivity contribution in [3.8, 4) is 17.2 Å². The van der Waals surface area contributed by atoms with Gasteiger partial charge < -0.3 is 14.2 Å². The number of aromatic nitrogens is 3. The van der Waals surface area contributed by atoms with Gasteiger partial charge in [-0.05, 0) is 29.3 Å². The van der Waals surface area contributed by atoms with Crippen molar-refractivity contribution < 1.29 is 36.7 Å². The molecule has 0 spiro atoms. The van der Waals surface area contributed by atoms with E-state index in [1.165, 1.54) is 10.6 Å². The Morgan fingerprint density at radius 2 is 2.03 bits per heavy atom. The highest BCUT2D eigenvalue weighted by Gasteiger charge is 2.22. The molecule has 188 valence electrons. The minimum atomic E-state index is -4.15. The maximum Gasteiger partial charge on any atom is 0.475 e. The molecule has 36 heavy (non-hydrogen) atoms. The Hall–Kier alpha value is -3.63. The maximum absolute atomic E-state index is 13.7. The van der Waals surface area contributed by atoms with Crippen molar-refractivity contribution in [2.24, 2.45) is 0 Å². The lowest BCUT2D eigenvalue weighted by atomic mass is 10.1. The molecule has 0 aliphatic carbocycles. The summed E-state index contributed by atoms with van der Waals surface area (Å²) in [6, 6.07) is 15.4. The first kappa shape index (κ1) is 25.5. The number of nitrogens with two attached hydrogens (primary N) is 1. The van der Waals surface area contributed by atoms with Crippen LogP contribution in [0.5, 0.6) is 5.88 Å². The first-order valence-corrected chi connectivity index (χ1v) is 12.4. The third-order valence-electron chi connectivity index (χ3n) is 5.29. The van der Waals surface area contributed by atoms with Crippen molar-refractivity contribution in [1.29, 1.82) is 0 Å². The van der Waals surface area contributed by atoms with Gasteiger partial charge in [0.15, 0.2) is 5.76 Å². The molecular formula is C24H25FN4O6P+. The fourth-order valence-electron chi connectivity index (χ4n) is 3.37. The van der Waals surface area contributed by atoms with Crippen LogP contribution >= 0.6 is 7.82 Å². The molecule has 0 aliphatic heterocycles. The lowest BCUT2D eigenvalue weighted by Crippen LogP contribution is -2.38. The third-order valence-corrected chi connectivity index (χ3v) is 6.19. The van der Waals surface area contributed by atoms with E-state index < -0.39 is 7.82 Å². The molecule has 1 unspecified atom stereocenters. The maximum atomic E-state index is 13.7. The van der Waals surface area contributed by atoms with Gasteiger partial charge in [-0.2, -0.15) is 0 Å². The number of pyridine rings is 2. The average Bonchev–Trinajstić information content (AvgIpc) is 3.34. The number of hydrogen-bond acceptors (Lipinski definition) is 8. The molecule has 0 bridgehead atoms. The van der Waals surface area contributed by atoms with E-state index in [1.807, 2.05) is 6.07 Å². The standard InChI is InChI=1S/C24H24FN4O6P/c1-32-36(30,31)34-16-29-11-4-6-20(24(29)26)22-14-19(28-35-22)13-17-8-9-23(27-15-17)33-12-10-18-5-2-3-7-21(18)25/h2-9,11,14-15,26H,10,12-13,16H2,1H3,(H,30,31)/p+1. The van der Waals surface area contributed by atoms with Crippen LogP contribution in [0.1, 0.15) is 16.8 Å². The van der Waals surface area contributed by atoms with Crippen molar-refractivity contribution in [2.75, 3.05) is 19.5 Å². The van der Waals surface area contributed by atoms with Gasteiger partial charge in [-0.15, -0.1) is 0 Å². The van der Waals surface area contributed by atoms with Crippen molar-refractivity contribution in [2.45, 2.75) is 19.6 Å². The normalized spacial score (nSPS) is 12.9. The Labute approximate surface area is 206 Å². The summed E-state index contributed by atoms with van der Waals surface area (Å²) in [4.78, 5) is 13.7. The van der Waals surface area contributed by atoms with E-state index in [2.05, 4.69) is 14.7 Å². The van der Waals surface area contributed by atoms with Gasteiger partial charge in [0.25, 0.3) is 5.82 Å². The Kier molecular flexibility index (Phi) is 8.07. The molecule has 0 saturated heterocycles. The molecule has 1 atom stereocenters. The number of anilines is 1. The second kappa shape index (κ2) is 11.4. The molecule has 4 aromatic rings. The van der Waals surface area contributed by atoms with Gasteiger partial charge in [-0.25, -0.2) is 23.0 Å². The topological polar surface area (TPSA) is 134 Å².